The van der Waals surface area contributed by atoms with Gasteiger partial charge in [-0.05, 0) is 30.2 Å². The van der Waals surface area contributed by atoms with Crippen LogP contribution in [0.25, 0.3) is 5.69 Å². The lowest BCUT2D eigenvalue weighted by Crippen LogP contribution is -2.46. The summed E-state index contributed by atoms with van der Waals surface area (Å²) in [6.45, 7) is 6.18. The molecular formula is C23H20N4O2. The minimum atomic E-state index is -1.07. The molecule has 144 valence electrons. The third-order valence-corrected chi connectivity index (χ3v) is 5.80. The van der Waals surface area contributed by atoms with Crippen molar-refractivity contribution in [2.45, 2.75) is 18.8 Å². The van der Waals surface area contributed by atoms with E-state index in [2.05, 4.69) is 17.0 Å². The highest BCUT2D eigenvalue weighted by Gasteiger charge is 2.57. The first-order chi connectivity index (χ1) is 14.1. The Hall–Kier alpha value is -3.67. The molecule has 0 radical (unpaired) electrons. The molecule has 6 nitrogen and oxygen atoms in total. The molecule has 29 heavy (non-hydrogen) atoms. The number of rotatable bonds is 3. The molecule has 1 aromatic heterocycles. The number of nitrogens with one attached hydrogen (secondary N) is 1. The summed E-state index contributed by atoms with van der Waals surface area (Å²) in [6, 6.07) is 15.5. The van der Waals surface area contributed by atoms with E-state index in [1.165, 1.54) is 0 Å². The second kappa shape index (κ2) is 6.17. The van der Waals surface area contributed by atoms with Gasteiger partial charge in [-0.1, -0.05) is 42.5 Å². The molecule has 2 aliphatic heterocycles. The van der Waals surface area contributed by atoms with Gasteiger partial charge in [0.05, 0.1) is 17.6 Å². The normalized spacial score (nSPS) is 19.8. The number of fused-ring (bicyclic) bond motifs is 4. The Kier molecular flexibility index (Phi) is 3.71. The lowest BCUT2D eigenvalue weighted by molar-refractivity contribution is -0.126. The Labute approximate surface area is 168 Å². The molecule has 1 unspecified atom stereocenters. The molecule has 3 aromatic rings. The molecule has 0 fully saturated rings. The van der Waals surface area contributed by atoms with Gasteiger partial charge in [-0.15, -0.1) is 6.58 Å². The number of carbonyl (C=O) groups is 2. The van der Waals surface area contributed by atoms with Crippen molar-refractivity contribution < 1.29 is 9.59 Å². The predicted octanol–water partition coefficient (Wildman–Crippen LogP) is 3.34. The van der Waals surface area contributed by atoms with E-state index in [0.717, 1.165) is 28.1 Å². The predicted molar refractivity (Wildman–Crippen MR) is 111 cm³/mol. The standard InChI is InChI=1S/C23H20N4O2/c1-3-12-26-20-15(2)8-7-11-17(20)23(22(26)29)13-19(28)25-21-18(23)14-24-27(21)16-9-5-4-6-10-16/h3-11,14H,1,12-13H2,2H3,(H,25,28). The van der Waals surface area contributed by atoms with Gasteiger partial charge in [-0.3, -0.25) is 9.59 Å². The Morgan fingerprint density at radius 1 is 1.14 bits per heavy atom. The highest BCUT2D eigenvalue weighted by atomic mass is 16.2. The Bertz CT molecular complexity index is 1160. The molecular weight excluding hydrogens is 364 g/mol. The Morgan fingerprint density at radius 3 is 2.69 bits per heavy atom. The van der Waals surface area contributed by atoms with Crippen LogP contribution in [0.3, 0.4) is 0 Å². The third kappa shape index (κ3) is 2.26. The van der Waals surface area contributed by atoms with Gasteiger partial charge in [-0.25, -0.2) is 4.68 Å². The van der Waals surface area contributed by atoms with Crippen molar-refractivity contribution in [3.05, 3.63) is 84.1 Å². The summed E-state index contributed by atoms with van der Waals surface area (Å²) in [7, 11) is 0. The van der Waals surface area contributed by atoms with Gasteiger partial charge < -0.3 is 10.2 Å². The third-order valence-electron chi connectivity index (χ3n) is 5.80. The van der Waals surface area contributed by atoms with E-state index in [1.807, 2.05) is 55.5 Å². The topological polar surface area (TPSA) is 67.2 Å². The zero-order chi connectivity index (χ0) is 20.2. The van der Waals surface area contributed by atoms with Gasteiger partial charge >= 0.3 is 0 Å². The number of carbonyl (C=O) groups excluding carboxylic acids is 2. The number of benzene rings is 2. The molecule has 1 atom stereocenters. The largest absolute Gasteiger partial charge is 0.310 e. The van der Waals surface area contributed by atoms with Crippen LogP contribution in [0.15, 0.2) is 67.4 Å². The maximum Gasteiger partial charge on any atom is 0.243 e. The van der Waals surface area contributed by atoms with Gasteiger partial charge in [0.25, 0.3) is 0 Å². The van der Waals surface area contributed by atoms with Crippen LogP contribution < -0.4 is 10.2 Å². The van der Waals surface area contributed by atoms with Crippen molar-refractivity contribution in [3.8, 4) is 5.69 Å². The van der Waals surface area contributed by atoms with E-state index in [1.54, 1.807) is 21.9 Å². The molecule has 2 aromatic carbocycles. The number of nitrogens with zero attached hydrogens (tertiary/aromatic N) is 3. The monoisotopic (exact) mass is 384 g/mol. The molecule has 1 N–H and O–H groups in total. The van der Waals surface area contributed by atoms with Crippen LogP contribution in [0.4, 0.5) is 11.5 Å². The van der Waals surface area contributed by atoms with Crippen LogP contribution in [0.1, 0.15) is 23.1 Å². The highest BCUT2D eigenvalue weighted by molar-refractivity contribution is 6.16. The van der Waals surface area contributed by atoms with Crippen molar-refractivity contribution in [3.63, 3.8) is 0 Å². The van der Waals surface area contributed by atoms with Crippen LogP contribution in [-0.4, -0.2) is 28.1 Å². The minimum Gasteiger partial charge on any atom is -0.310 e. The van der Waals surface area contributed by atoms with Crippen LogP contribution >= 0.6 is 0 Å². The molecule has 0 bridgehead atoms. The van der Waals surface area contributed by atoms with E-state index >= 15 is 0 Å². The first-order valence-corrected chi connectivity index (χ1v) is 9.54. The van der Waals surface area contributed by atoms with E-state index in [9.17, 15) is 9.59 Å². The van der Waals surface area contributed by atoms with Crippen molar-refractivity contribution >= 4 is 23.3 Å². The summed E-state index contributed by atoms with van der Waals surface area (Å²) < 4.78 is 1.69. The van der Waals surface area contributed by atoms with E-state index in [0.29, 0.717) is 12.4 Å². The summed E-state index contributed by atoms with van der Waals surface area (Å²) in [4.78, 5) is 28.4. The van der Waals surface area contributed by atoms with Gasteiger partial charge in [-0.2, -0.15) is 5.10 Å². The first kappa shape index (κ1) is 17.4. The molecule has 3 heterocycles. The summed E-state index contributed by atoms with van der Waals surface area (Å²) in [6.07, 6.45) is 3.48. The Morgan fingerprint density at radius 2 is 1.93 bits per heavy atom. The lowest BCUT2D eigenvalue weighted by Gasteiger charge is -2.32. The van der Waals surface area contributed by atoms with E-state index < -0.39 is 5.41 Å². The van der Waals surface area contributed by atoms with Gasteiger partial charge in [0, 0.05) is 18.5 Å². The average molecular weight is 384 g/mol. The molecule has 2 amide bonds. The quantitative estimate of drug-likeness (QED) is 0.705. The van der Waals surface area contributed by atoms with Crippen molar-refractivity contribution in [1.29, 1.82) is 0 Å². The summed E-state index contributed by atoms with van der Waals surface area (Å²) in [5.74, 6) is 0.246. The van der Waals surface area contributed by atoms with Crippen molar-refractivity contribution in [1.82, 2.24) is 9.78 Å². The van der Waals surface area contributed by atoms with E-state index in [4.69, 9.17) is 0 Å². The van der Waals surface area contributed by atoms with Crippen LogP contribution in [0, 0.1) is 6.92 Å². The fourth-order valence-corrected chi connectivity index (χ4v) is 4.60. The molecule has 5 rings (SSSR count). The highest BCUT2D eigenvalue weighted by Crippen LogP contribution is 2.53. The molecule has 1 spiro atoms. The van der Waals surface area contributed by atoms with E-state index in [-0.39, 0.29) is 18.2 Å². The number of amides is 2. The molecule has 6 heteroatoms. The SMILES string of the molecule is C=CCN1C(=O)C2(CC(=O)Nc3c2cnn3-c2ccccc2)c2cccc(C)c21. The van der Waals surface area contributed by atoms with Gasteiger partial charge in [0.1, 0.15) is 11.2 Å². The lowest BCUT2D eigenvalue weighted by atomic mass is 9.71. The summed E-state index contributed by atoms with van der Waals surface area (Å²) in [5.41, 5.74) is 3.19. The zero-order valence-electron chi connectivity index (χ0n) is 16.1. The van der Waals surface area contributed by atoms with Gasteiger partial charge in [0.2, 0.25) is 11.8 Å². The minimum absolute atomic E-state index is 0.0589. The average Bonchev–Trinajstić information content (AvgIpc) is 3.24. The molecule has 0 aliphatic carbocycles. The smallest absolute Gasteiger partial charge is 0.243 e. The van der Waals surface area contributed by atoms with Crippen LogP contribution in [-0.2, 0) is 15.0 Å². The maximum absolute atomic E-state index is 13.8. The second-order valence-electron chi connectivity index (χ2n) is 7.46. The first-order valence-electron chi connectivity index (χ1n) is 9.54. The molecule has 0 saturated carbocycles. The number of aromatic nitrogens is 2. The number of para-hydroxylation sites is 2. The number of anilines is 2. The fourth-order valence-electron chi connectivity index (χ4n) is 4.60. The summed E-state index contributed by atoms with van der Waals surface area (Å²) >= 11 is 0. The summed E-state index contributed by atoms with van der Waals surface area (Å²) in [5, 5.41) is 7.47. The second-order valence-corrected chi connectivity index (χ2v) is 7.46. The van der Waals surface area contributed by atoms with Crippen LogP contribution in [0.2, 0.25) is 0 Å². The van der Waals surface area contributed by atoms with Gasteiger partial charge in [0.15, 0.2) is 0 Å². The molecule has 2 aliphatic rings. The zero-order valence-corrected chi connectivity index (χ0v) is 16.1. The van der Waals surface area contributed by atoms with Crippen molar-refractivity contribution in [2.75, 3.05) is 16.8 Å². The van der Waals surface area contributed by atoms with Crippen molar-refractivity contribution in [2.24, 2.45) is 0 Å². The number of hydrogen-bond donors (Lipinski definition) is 1. The molecule has 0 saturated heterocycles. The van der Waals surface area contributed by atoms with Crippen LogP contribution in [0.5, 0.6) is 0 Å². The maximum atomic E-state index is 13.8. The Balaban J connectivity index is 1.79. The fraction of sp³-hybridized carbons (Fsp3) is 0.174. The number of aryl methyl sites for hydroxylation is 1. The number of hydrogen-bond acceptors (Lipinski definition) is 3.